The number of alkyl halides is 3. The molecule has 2 aromatic rings. The van der Waals surface area contributed by atoms with Gasteiger partial charge in [-0.05, 0) is 71.5 Å². The lowest BCUT2D eigenvalue weighted by Gasteiger charge is -2.14. The highest BCUT2D eigenvalue weighted by atomic mass is 127. The number of anilines is 1. The van der Waals surface area contributed by atoms with Gasteiger partial charge in [0, 0.05) is 0 Å². The number of benzene rings is 2. The van der Waals surface area contributed by atoms with Gasteiger partial charge >= 0.3 is 6.18 Å². The van der Waals surface area contributed by atoms with Crippen molar-refractivity contribution in [2.75, 3.05) is 12.1 Å². The van der Waals surface area contributed by atoms with Crippen LogP contribution in [0.15, 0.2) is 47.1 Å². The maximum atomic E-state index is 13.0. The maximum absolute atomic E-state index is 13.0. The van der Waals surface area contributed by atoms with Crippen LogP contribution in [0.1, 0.15) is 18.1 Å². The van der Waals surface area contributed by atoms with Crippen LogP contribution < -0.4 is 9.75 Å². The van der Waals surface area contributed by atoms with Crippen LogP contribution in [0.3, 0.4) is 0 Å². The molecule has 1 aliphatic heterocycles. The van der Waals surface area contributed by atoms with Crippen LogP contribution in [0.2, 0.25) is 0 Å². The molecule has 0 fully saturated rings. The van der Waals surface area contributed by atoms with Crippen molar-refractivity contribution in [2.45, 2.75) is 13.1 Å². The lowest BCUT2D eigenvalue weighted by molar-refractivity contribution is -0.137. The smallest absolute Gasteiger partial charge is 0.416 e. The Morgan fingerprint density at radius 2 is 1.96 bits per heavy atom. The first-order valence-corrected chi connectivity index (χ1v) is 9.05. The molecule has 0 atom stereocenters. The van der Waals surface area contributed by atoms with E-state index in [9.17, 15) is 23.1 Å². The summed E-state index contributed by atoms with van der Waals surface area (Å²) in [6.45, 7) is 1.60. The third kappa shape index (κ3) is 3.84. The molecule has 146 valence electrons. The normalized spacial score (nSPS) is 15.9. The minimum Gasteiger partial charge on any atom is -0.504 e. The molecule has 0 saturated heterocycles. The summed E-state index contributed by atoms with van der Waals surface area (Å²) in [6.07, 6.45) is -2.96. The summed E-state index contributed by atoms with van der Waals surface area (Å²) in [5.74, 6) is -0.314. The van der Waals surface area contributed by atoms with Gasteiger partial charge in [-0.2, -0.15) is 23.3 Å². The lowest BCUT2D eigenvalue weighted by Crippen LogP contribution is -2.21. The van der Waals surface area contributed by atoms with E-state index >= 15 is 0 Å². The topological polar surface area (TPSA) is 62.1 Å². The molecule has 3 rings (SSSR count). The van der Waals surface area contributed by atoms with Gasteiger partial charge in [0.2, 0.25) is 0 Å². The first-order valence-electron chi connectivity index (χ1n) is 7.97. The second kappa shape index (κ2) is 7.46. The van der Waals surface area contributed by atoms with E-state index in [-0.39, 0.29) is 22.8 Å². The molecule has 2 aromatic carbocycles. The molecule has 0 spiro atoms. The summed E-state index contributed by atoms with van der Waals surface area (Å²) in [7, 11) is 1.41. The fourth-order valence-electron chi connectivity index (χ4n) is 2.67. The number of aromatic hydroxyl groups is 1. The Kier molecular flexibility index (Phi) is 5.37. The maximum Gasteiger partial charge on any atom is 0.416 e. The van der Waals surface area contributed by atoms with Crippen LogP contribution in [0, 0.1) is 3.57 Å². The summed E-state index contributed by atoms with van der Waals surface area (Å²) in [4.78, 5) is 12.8. The number of rotatable bonds is 3. The first kappa shape index (κ1) is 20.2. The second-order valence-corrected chi connectivity index (χ2v) is 7.12. The molecule has 0 unspecified atom stereocenters. The summed E-state index contributed by atoms with van der Waals surface area (Å²) >= 11 is 1.93. The predicted octanol–water partition coefficient (Wildman–Crippen LogP) is 4.83. The van der Waals surface area contributed by atoms with E-state index in [1.807, 2.05) is 22.6 Å². The molecule has 28 heavy (non-hydrogen) atoms. The highest BCUT2D eigenvalue weighted by molar-refractivity contribution is 14.1. The zero-order valence-electron chi connectivity index (χ0n) is 14.7. The Hall–Kier alpha value is -2.56. The summed E-state index contributed by atoms with van der Waals surface area (Å²) < 4.78 is 44.5. The van der Waals surface area contributed by atoms with Gasteiger partial charge in [0.05, 0.1) is 33.2 Å². The Bertz CT molecular complexity index is 1020. The van der Waals surface area contributed by atoms with Crippen molar-refractivity contribution in [1.29, 1.82) is 0 Å². The highest BCUT2D eigenvalue weighted by Crippen LogP contribution is 2.35. The molecule has 0 aliphatic carbocycles. The number of phenolic OH excluding ortho intramolecular Hbond substituents is 1. The van der Waals surface area contributed by atoms with Gasteiger partial charge in [-0.3, -0.25) is 4.79 Å². The average molecular weight is 502 g/mol. The fourth-order valence-corrected chi connectivity index (χ4v) is 3.30. The van der Waals surface area contributed by atoms with Crippen LogP contribution in [-0.4, -0.2) is 23.8 Å². The van der Waals surface area contributed by atoms with E-state index < -0.39 is 17.6 Å². The lowest BCUT2D eigenvalue weighted by atomic mass is 10.1. The van der Waals surface area contributed by atoms with E-state index in [1.54, 1.807) is 25.1 Å². The van der Waals surface area contributed by atoms with Gasteiger partial charge in [-0.25, -0.2) is 0 Å². The van der Waals surface area contributed by atoms with Crippen LogP contribution >= 0.6 is 22.6 Å². The van der Waals surface area contributed by atoms with E-state index in [1.165, 1.54) is 19.2 Å². The van der Waals surface area contributed by atoms with Gasteiger partial charge in [0.25, 0.3) is 5.91 Å². The molecule has 1 aliphatic rings. The molecular weight excluding hydrogens is 488 g/mol. The number of hydrazone groups is 1. The van der Waals surface area contributed by atoms with Gasteiger partial charge in [-0.15, -0.1) is 0 Å². The fraction of sp³-hybridized carbons (Fsp3) is 0.158. The van der Waals surface area contributed by atoms with Gasteiger partial charge in [0.15, 0.2) is 11.5 Å². The number of phenols is 1. The number of methoxy groups -OCH3 is 1. The molecule has 0 saturated carbocycles. The molecule has 1 N–H and O–H groups in total. The van der Waals surface area contributed by atoms with Crippen molar-refractivity contribution in [3.05, 3.63) is 56.7 Å². The Balaban J connectivity index is 1.98. The Morgan fingerprint density at radius 3 is 2.61 bits per heavy atom. The standard InChI is InChI=1S/C19H14F3IN2O3/c1-10-14(6-11-7-15(23)17(26)16(8-11)28-2)18(27)25(24-10)13-5-3-4-12(9-13)19(20,21)22/h3-9,26H,1-2H3/b14-6+. The third-order valence-corrected chi connectivity index (χ3v) is 4.88. The van der Waals surface area contributed by atoms with Gasteiger partial charge in [-0.1, -0.05) is 6.07 Å². The number of carbonyl (C=O) groups excluding carboxylic acids is 1. The minimum atomic E-state index is -4.52. The molecule has 0 bridgehead atoms. The van der Waals surface area contributed by atoms with Crippen LogP contribution in [0.4, 0.5) is 18.9 Å². The van der Waals surface area contributed by atoms with Crippen molar-refractivity contribution in [3.63, 3.8) is 0 Å². The van der Waals surface area contributed by atoms with Crippen molar-refractivity contribution < 1.29 is 27.8 Å². The van der Waals surface area contributed by atoms with Crippen molar-refractivity contribution >= 4 is 46.0 Å². The highest BCUT2D eigenvalue weighted by Gasteiger charge is 2.33. The molecule has 5 nitrogen and oxygen atoms in total. The number of carbonyl (C=O) groups is 1. The van der Waals surface area contributed by atoms with Crippen molar-refractivity contribution in [3.8, 4) is 11.5 Å². The minimum absolute atomic E-state index is 0.0148. The Morgan fingerprint density at radius 1 is 1.25 bits per heavy atom. The molecular formula is C19H14F3IN2O3. The zero-order chi connectivity index (χ0) is 20.6. The van der Waals surface area contributed by atoms with E-state index in [0.717, 1.165) is 17.1 Å². The average Bonchev–Trinajstić information content (AvgIpc) is 2.92. The summed E-state index contributed by atoms with van der Waals surface area (Å²) in [5, 5.41) is 15.0. The Labute approximate surface area is 172 Å². The predicted molar refractivity (Wildman–Crippen MR) is 107 cm³/mol. The number of hydrogen-bond acceptors (Lipinski definition) is 4. The monoisotopic (exact) mass is 502 g/mol. The summed E-state index contributed by atoms with van der Waals surface area (Å²) in [6, 6.07) is 7.63. The zero-order valence-corrected chi connectivity index (χ0v) is 16.9. The molecule has 9 heteroatoms. The van der Waals surface area contributed by atoms with Crippen LogP contribution in [0.25, 0.3) is 6.08 Å². The molecule has 0 radical (unpaired) electrons. The number of halogens is 4. The molecule has 1 amide bonds. The summed E-state index contributed by atoms with van der Waals surface area (Å²) in [5.41, 5.74) is 0.356. The third-order valence-electron chi connectivity index (χ3n) is 4.06. The number of amides is 1. The van der Waals surface area contributed by atoms with Gasteiger partial charge in [0.1, 0.15) is 0 Å². The SMILES string of the molecule is COc1cc(/C=C2/C(=O)N(c3cccc(C(F)(F)F)c3)N=C2C)cc(I)c1O. The largest absolute Gasteiger partial charge is 0.504 e. The number of nitrogens with zero attached hydrogens (tertiary/aromatic N) is 2. The van der Waals surface area contributed by atoms with E-state index in [0.29, 0.717) is 14.8 Å². The molecule has 0 aromatic heterocycles. The van der Waals surface area contributed by atoms with Crippen molar-refractivity contribution in [2.24, 2.45) is 5.10 Å². The van der Waals surface area contributed by atoms with Crippen molar-refractivity contribution in [1.82, 2.24) is 0 Å². The van der Waals surface area contributed by atoms with E-state index in [4.69, 9.17) is 4.74 Å². The number of hydrogen-bond donors (Lipinski definition) is 1. The quantitative estimate of drug-likeness (QED) is 0.484. The van der Waals surface area contributed by atoms with Crippen LogP contribution in [-0.2, 0) is 11.0 Å². The first-order chi connectivity index (χ1) is 13.1. The molecule has 1 heterocycles. The second-order valence-electron chi connectivity index (χ2n) is 5.96. The van der Waals surface area contributed by atoms with Crippen LogP contribution in [0.5, 0.6) is 11.5 Å². The number of ether oxygens (including phenoxy) is 1. The van der Waals surface area contributed by atoms with E-state index in [2.05, 4.69) is 5.10 Å². The van der Waals surface area contributed by atoms with Gasteiger partial charge < -0.3 is 9.84 Å².